The van der Waals surface area contributed by atoms with Crippen molar-refractivity contribution in [1.29, 1.82) is 0 Å². The predicted molar refractivity (Wildman–Crippen MR) is 110 cm³/mol. The fourth-order valence-electron chi connectivity index (χ4n) is 4.25. The maximum absolute atomic E-state index is 13.1. The van der Waals surface area contributed by atoms with Crippen LogP contribution in [0.25, 0.3) is 0 Å². The number of hydrogen-bond donors (Lipinski definition) is 1. The van der Waals surface area contributed by atoms with Gasteiger partial charge in [-0.25, -0.2) is 4.79 Å². The van der Waals surface area contributed by atoms with E-state index in [9.17, 15) is 24.0 Å². The number of esters is 2. The second-order valence-corrected chi connectivity index (χ2v) is 8.92. The Morgan fingerprint density at radius 3 is 2.06 bits per heavy atom. The van der Waals surface area contributed by atoms with Crippen LogP contribution in [0.4, 0.5) is 4.79 Å². The summed E-state index contributed by atoms with van der Waals surface area (Å²) in [6, 6.07) is -0.636. The van der Waals surface area contributed by atoms with Gasteiger partial charge in [-0.3, -0.25) is 24.1 Å². The Labute approximate surface area is 182 Å². The maximum atomic E-state index is 13.1. The van der Waals surface area contributed by atoms with Gasteiger partial charge < -0.3 is 19.7 Å². The number of imide groups is 1. The van der Waals surface area contributed by atoms with Crippen molar-refractivity contribution in [3.63, 3.8) is 0 Å². The molecule has 31 heavy (non-hydrogen) atoms. The summed E-state index contributed by atoms with van der Waals surface area (Å²) in [6.45, 7) is 5.03. The van der Waals surface area contributed by atoms with Gasteiger partial charge >= 0.3 is 18.0 Å². The Kier molecular flexibility index (Phi) is 7.67. The Morgan fingerprint density at radius 1 is 1.10 bits per heavy atom. The van der Waals surface area contributed by atoms with Crippen molar-refractivity contribution in [3.05, 3.63) is 0 Å². The molecule has 2 rings (SSSR count). The highest BCUT2D eigenvalue weighted by Gasteiger charge is 2.54. The molecule has 10 heteroatoms. The van der Waals surface area contributed by atoms with Gasteiger partial charge in [0.15, 0.2) is 0 Å². The summed E-state index contributed by atoms with van der Waals surface area (Å²) in [5.41, 5.74) is -0.835. The van der Waals surface area contributed by atoms with Crippen molar-refractivity contribution in [2.75, 3.05) is 33.9 Å². The SMILES string of the molecule is CCC(C)(C)C1CCC2(CC1)NC(=O)N(CC(=O)N(CC(=O)OC)CC(=O)OC)C2=O. The molecule has 0 aromatic carbocycles. The molecule has 1 saturated heterocycles. The topological polar surface area (TPSA) is 122 Å². The summed E-state index contributed by atoms with van der Waals surface area (Å²) in [5.74, 6) is -2.17. The lowest BCUT2D eigenvalue weighted by Gasteiger charge is -2.42. The number of nitrogens with one attached hydrogen (secondary N) is 1. The van der Waals surface area contributed by atoms with E-state index in [4.69, 9.17) is 0 Å². The largest absolute Gasteiger partial charge is 0.468 e. The Hall–Kier alpha value is -2.65. The molecule has 0 unspecified atom stereocenters. The predicted octanol–water partition coefficient (Wildman–Crippen LogP) is 1.08. The van der Waals surface area contributed by atoms with Crippen molar-refractivity contribution < 1.29 is 33.4 Å². The second-order valence-electron chi connectivity index (χ2n) is 8.92. The van der Waals surface area contributed by atoms with Crippen LogP contribution in [0.15, 0.2) is 0 Å². The lowest BCUT2D eigenvalue weighted by atomic mass is 9.65. The van der Waals surface area contributed by atoms with E-state index >= 15 is 0 Å². The number of carbonyl (C=O) groups is 5. The summed E-state index contributed by atoms with van der Waals surface area (Å²) >= 11 is 0. The summed E-state index contributed by atoms with van der Waals surface area (Å²) in [4.78, 5) is 63.4. The van der Waals surface area contributed by atoms with Crippen LogP contribution in [0.1, 0.15) is 52.9 Å². The summed E-state index contributed by atoms with van der Waals surface area (Å²) in [6.07, 6.45) is 3.69. The first-order chi connectivity index (χ1) is 14.5. The van der Waals surface area contributed by atoms with E-state index < -0.39 is 55.0 Å². The molecule has 1 saturated carbocycles. The van der Waals surface area contributed by atoms with Crippen molar-refractivity contribution in [1.82, 2.24) is 15.1 Å². The Bertz CT molecular complexity index is 723. The van der Waals surface area contributed by atoms with Gasteiger partial charge in [-0.2, -0.15) is 0 Å². The fourth-order valence-corrected chi connectivity index (χ4v) is 4.25. The number of ether oxygens (including phenoxy) is 2. The second kappa shape index (κ2) is 9.65. The molecule has 1 N–H and O–H groups in total. The highest BCUT2D eigenvalue weighted by Crippen LogP contribution is 2.45. The van der Waals surface area contributed by atoms with Crippen LogP contribution in [0.2, 0.25) is 0 Å². The van der Waals surface area contributed by atoms with Crippen molar-refractivity contribution >= 4 is 29.8 Å². The molecule has 0 aromatic rings. The van der Waals surface area contributed by atoms with Crippen LogP contribution in [0, 0.1) is 11.3 Å². The molecule has 1 spiro atoms. The quantitative estimate of drug-likeness (QED) is 0.443. The van der Waals surface area contributed by atoms with Gasteiger partial charge in [0.05, 0.1) is 14.2 Å². The first kappa shape index (κ1) is 24.6. The van der Waals surface area contributed by atoms with Gasteiger partial charge in [-0.1, -0.05) is 27.2 Å². The molecule has 174 valence electrons. The molecule has 0 bridgehead atoms. The molecule has 1 heterocycles. The molecule has 1 aliphatic heterocycles. The van der Waals surface area contributed by atoms with Gasteiger partial charge in [-0.15, -0.1) is 0 Å². The number of amides is 4. The third-order valence-electron chi connectivity index (χ3n) is 6.84. The van der Waals surface area contributed by atoms with Crippen LogP contribution in [0.3, 0.4) is 0 Å². The smallest absolute Gasteiger partial charge is 0.325 e. The van der Waals surface area contributed by atoms with E-state index in [0.717, 1.165) is 43.3 Å². The number of methoxy groups -OCH3 is 2. The molecule has 10 nitrogen and oxygen atoms in total. The number of hydrogen-bond acceptors (Lipinski definition) is 7. The summed E-state index contributed by atoms with van der Waals surface area (Å²) in [5, 5.41) is 2.79. The number of urea groups is 1. The van der Waals surface area contributed by atoms with Crippen LogP contribution in [-0.2, 0) is 28.7 Å². The summed E-state index contributed by atoms with van der Waals surface area (Å²) in [7, 11) is 2.31. The monoisotopic (exact) mass is 439 g/mol. The van der Waals surface area contributed by atoms with Gasteiger partial charge in [0, 0.05) is 0 Å². The van der Waals surface area contributed by atoms with Crippen LogP contribution < -0.4 is 5.32 Å². The van der Waals surface area contributed by atoms with Gasteiger partial charge in [0.25, 0.3) is 5.91 Å². The van der Waals surface area contributed by atoms with Gasteiger partial charge in [0.1, 0.15) is 25.2 Å². The minimum absolute atomic E-state index is 0.158. The average Bonchev–Trinajstić information content (AvgIpc) is 2.97. The first-order valence-corrected chi connectivity index (χ1v) is 10.5. The molecule has 2 fully saturated rings. The highest BCUT2D eigenvalue weighted by atomic mass is 16.5. The Morgan fingerprint density at radius 2 is 1.61 bits per heavy atom. The third kappa shape index (κ3) is 5.34. The van der Waals surface area contributed by atoms with E-state index in [-0.39, 0.29) is 5.41 Å². The zero-order chi connectivity index (χ0) is 23.4. The molecule has 1 aliphatic carbocycles. The number of rotatable bonds is 8. The van der Waals surface area contributed by atoms with Crippen molar-refractivity contribution in [3.8, 4) is 0 Å². The third-order valence-corrected chi connectivity index (χ3v) is 6.84. The van der Waals surface area contributed by atoms with Gasteiger partial charge in [-0.05, 0) is 37.0 Å². The first-order valence-electron chi connectivity index (χ1n) is 10.5. The van der Waals surface area contributed by atoms with Crippen LogP contribution in [0.5, 0.6) is 0 Å². The minimum Gasteiger partial charge on any atom is -0.468 e. The fraction of sp³-hybridized carbons (Fsp3) is 0.762. The maximum Gasteiger partial charge on any atom is 0.325 e. The van der Waals surface area contributed by atoms with Crippen molar-refractivity contribution in [2.45, 2.75) is 58.4 Å². The molecule has 2 aliphatic rings. The van der Waals surface area contributed by atoms with Gasteiger partial charge in [0.2, 0.25) is 5.91 Å². The molecular weight excluding hydrogens is 406 g/mol. The Balaban J connectivity index is 2.09. The zero-order valence-corrected chi connectivity index (χ0v) is 19.0. The van der Waals surface area contributed by atoms with E-state index in [2.05, 4.69) is 35.6 Å². The normalized spacial score (nSPS) is 23.5. The molecule has 0 radical (unpaired) electrons. The highest BCUT2D eigenvalue weighted by molar-refractivity contribution is 6.09. The molecule has 4 amide bonds. The average molecular weight is 440 g/mol. The molecule has 0 atom stereocenters. The standard InChI is InChI=1S/C21H33N3O7/c1-6-20(2,3)14-7-9-21(10-8-14)18(28)24(19(29)22-21)11-15(25)23(12-16(26)30-4)13-17(27)31-5/h14H,6-13H2,1-5H3,(H,22,29). The van der Waals surface area contributed by atoms with E-state index in [0.29, 0.717) is 18.8 Å². The van der Waals surface area contributed by atoms with E-state index in [1.165, 1.54) is 0 Å². The zero-order valence-electron chi connectivity index (χ0n) is 19.0. The number of carbonyl (C=O) groups excluding carboxylic acids is 5. The minimum atomic E-state index is -0.993. The van der Waals surface area contributed by atoms with Crippen LogP contribution in [-0.4, -0.2) is 79.0 Å². The summed E-state index contributed by atoms with van der Waals surface area (Å²) < 4.78 is 9.10. The van der Waals surface area contributed by atoms with Crippen molar-refractivity contribution in [2.24, 2.45) is 11.3 Å². The molecular formula is C21H33N3O7. The molecule has 0 aromatic heterocycles. The van der Waals surface area contributed by atoms with E-state index in [1.54, 1.807) is 0 Å². The lowest BCUT2D eigenvalue weighted by molar-refractivity contribution is -0.152. The number of nitrogens with zero attached hydrogens (tertiary/aromatic N) is 2. The van der Waals surface area contributed by atoms with Crippen LogP contribution >= 0.6 is 0 Å². The van der Waals surface area contributed by atoms with E-state index in [1.807, 2.05) is 0 Å². The lowest BCUT2D eigenvalue weighted by Crippen LogP contribution is -2.51.